The average molecular weight is 466 g/mol. The van der Waals surface area contributed by atoms with Gasteiger partial charge >= 0.3 is 0 Å². The molecule has 1 aliphatic heterocycles. The molecule has 0 unspecified atom stereocenters. The third kappa shape index (κ3) is 4.06. The summed E-state index contributed by atoms with van der Waals surface area (Å²) in [5.41, 5.74) is 1.32. The summed E-state index contributed by atoms with van der Waals surface area (Å²) >= 11 is 11.8. The van der Waals surface area contributed by atoms with Crippen molar-refractivity contribution in [1.29, 1.82) is 0 Å². The smallest absolute Gasteiger partial charge is 0.253 e. The highest BCUT2D eigenvalue weighted by molar-refractivity contribution is 7.89. The number of hydrogen-bond acceptors (Lipinski definition) is 5. The molecule has 2 heterocycles. The summed E-state index contributed by atoms with van der Waals surface area (Å²) in [6.45, 7) is 0.991. The van der Waals surface area contributed by atoms with Crippen LogP contribution in [-0.2, 0) is 10.0 Å². The summed E-state index contributed by atoms with van der Waals surface area (Å²) < 4.78 is 28.7. The van der Waals surface area contributed by atoms with Gasteiger partial charge in [0, 0.05) is 31.7 Å². The van der Waals surface area contributed by atoms with Gasteiger partial charge < -0.3 is 4.90 Å². The maximum absolute atomic E-state index is 12.9. The lowest BCUT2D eigenvalue weighted by Crippen LogP contribution is -2.50. The number of hydrogen-bond donors (Lipinski definition) is 0. The zero-order chi connectivity index (χ0) is 21.3. The Morgan fingerprint density at radius 2 is 1.63 bits per heavy atom. The summed E-state index contributed by atoms with van der Waals surface area (Å²) in [5, 5.41) is 4.52. The second-order valence-corrected chi connectivity index (χ2v) is 9.41. The minimum atomic E-state index is -3.71. The Balaban J connectivity index is 1.42. The standard InChI is InChI=1S/C19H17Cl2N5O3S/c20-17-6-5-16(11-18(17)21)30(28,29)25-9-7-24(8-10-25)19(27)14-1-3-15(4-2-14)26-13-22-12-23-26/h1-6,11-13H,7-10H2. The Bertz CT molecular complexity index is 1160. The van der Waals surface area contributed by atoms with Gasteiger partial charge in [0.2, 0.25) is 10.0 Å². The first kappa shape index (κ1) is 20.8. The van der Waals surface area contributed by atoms with E-state index in [1.807, 2.05) is 0 Å². The highest BCUT2D eigenvalue weighted by Gasteiger charge is 2.30. The van der Waals surface area contributed by atoms with E-state index in [-0.39, 0.29) is 28.9 Å². The van der Waals surface area contributed by atoms with Crippen LogP contribution in [0.25, 0.3) is 5.69 Å². The molecule has 1 amide bonds. The van der Waals surface area contributed by atoms with Crippen molar-refractivity contribution < 1.29 is 13.2 Å². The second-order valence-electron chi connectivity index (χ2n) is 6.66. The lowest BCUT2D eigenvalue weighted by Gasteiger charge is -2.34. The fraction of sp³-hybridized carbons (Fsp3) is 0.211. The van der Waals surface area contributed by atoms with Crippen LogP contribution in [0, 0.1) is 0 Å². The largest absolute Gasteiger partial charge is 0.336 e. The van der Waals surface area contributed by atoms with Crippen molar-refractivity contribution in [1.82, 2.24) is 24.0 Å². The van der Waals surface area contributed by atoms with E-state index in [0.717, 1.165) is 5.69 Å². The van der Waals surface area contributed by atoms with Gasteiger partial charge in [-0.3, -0.25) is 4.79 Å². The minimum absolute atomic E-state index is 0.0837. The molecule has 3 aromatic rings. The molecule has 156 valence electrons. The predicted molar refractivity (Wildman–Crippen MR) is 112 cm³/mol. The number of nitrogens with zero attached hydrogens (tertiary/aromatic N) is 5. The van der Waals surface area contributed by atoms with E-state index in [1.54, 1.807) is 40.2 Å². The Morgan fingerprint density at radius 3 is 2.23 bits per heavy atom. The molecular weight excluding hydrogens is 449 g/mol. The molecule has 0 radical (unpaired) electrons. The van der Waals surface area contributed by atoms with Gasteiger partial charge in [-0.25, -0.2) is 18.1 Å². The summed E-state index contributed by atoms with van der Waals surface area (Å²) in [6.07, 6.45) is 3.01. The number of aromatic nitrogens is 3. The molecule has 1 aliphatic rings. The molecule has 1 saturated heterocycles. The first-order valence-electron chi connectivity index (χ1n) is 9.06. The number of carbonyl (C=O) groups excluding carboxylic acids is 1. The van der Waals surface area contributed by atoms with Crippen LogP contribution in [0.1, 0.15) is 10.4 Å². The average Bonchev–Trinajstić information content (AvgIpc) is 3.30. The van der Waals surface area contributed by atoms with Gasteiger partial charge in [-0.2, -0.15) is 9.40 Å². The first-order chi connectivity index (χ1) is 14.4. The van der Waals surface area contributed by atoms with Gasteiger partial charge in [0.05, 0.1) is 20.6 Å². The molecular formula is C19H17Cl2N5O3S. The van der Waals surface area contributed by atoms with Crippen LogP contribution >= 0.6 is 23.2 Å². The second kappa shape index (κ2) is 8.35. The zero-order valence-corrected chi connectivity index (χ0v) is 18.0. The van der Waals surface area contributed by atoms with Gasteiger partial charge in [-0.15, -0.1) is 0 Å². The number of amides is 1. The van der Waals surface area contributed by atoms with Crippen LogP contribution in [-0.4, -0.2) is 64.5 Å². The molecule has 4 rings (SSSR count). The Morgan fingerprint density at radius 1 is 0.933 bits per heavy atom. The van der Waals surface area contributed by atoms with Crippen molar-refractivity contribution in [3.05, 3.63) is 70.7 Å². The third-order valence-corrected chi connectivity index (χ3v) is 7.49. The Labute approximate surface area is 183 Å². The molecule has 0 aliphatic carbocycles. The van der Waals surface area contributed by atoms with Gasteiger partial charge in [0.15, 0.2) is 0 Å². The number of benzene rings is 2. The molecule has 1 fully saturated rings. The molecule has 0 saturated carbocycles. The van der Waals surface area contributed by atoms with E-state index >= 15 is 0 Å². The summed E-state index contributed by atoms with van der Waals surface area (Å²) in [7, 11) is -3.71. The van der Waals surface area contributed by atoms with E-state index in [9.17, 15) is 13.2 Å². The lowest BCUT2D eigenvalue weighted by molar-refractivity contribution is 0.0698. The molecule has 0 spiro atoms. The van der Waals surface area contributed by atoms with Crippen molar-refractivity contribution in [2.24, 2.45) is 0 Å². The Kier molecular flexibility index (Phi) is 5.79. The number of piperazine rings is 1. The van der Waals surface area contributed by atoms with Gasteiger partial charge in [0.25, 0.3) is 5.91 Å². The molecule has 0 N–H and O–H groups in total. The van der Waals surface area contributed by atoms with Crippen LogP contribution in [0.4, 0.5) is 0 Å². The van der Waals surface area contributed by atoms with Crippen LogP contribution in [0.5, 0.6) is 0 Å². The highest BCUT2D eigenvalue weighted by Crippen LogP contribution is 2.27. The third-order valence-electron chi connectivity index (χ3n) is 4.85. The monoisotopic (exact) mass is 465 g/mol. The molecule has 1 aromatic heterocycles. The zero-order valence-electron chi connectivity index (χ0n) is 15.6. The van der Waals surface area contributed by atoms with E-state index in [0.29, 0.717) is 23.7 Å². The van der Waals surface area contributed by atoms with Crippen molar-refractivity contribution in [2.75, 3.05) is 26.2 Å². The van der Waals surface area contributed by atoms with E-state index in [1.165, 1.54) is 28.8 Å². The van der Waals surface area contributed by atoms with Gasteiger partial charge in [-0.1, -0.05) is 23.2 Å². The number of sulfonamides is 1. The lowest BCUT2D eigenvalue weighted by atomic mass is 10.1. The number of halogens is 2. The van der Waals surface area contributed by atoms with Crippen molar-refractivity contribution in [2.45, 2.75) is 4.90 Å². The molecule has 11 heteroatoms. The molecule has 8 nitrogen and oxygen atoms in total. The highest BCUT2D eigenvalue weighted by atomic mass is 35.5. The summed E-state index contributed by atoms with van der Waals surface area (Å²) in [5.74, 6) is -0.147. The van der Waals surface area contributed by atoms with Crippen LogP contribution < -0.4 is 0 Å². The van der Waals surface area contributed by atoms with Gasteiger partial charge in [-0.05, 0) is 42.5 Å². The van der Waals surface area contributed by atoms with Crippen LogP contribution in [0.15, 0.2) is 60.0 Å². The summed E-state index contributed by atoms with van der Waals surface area (Å²) in [6, 6.07) is 11.2. The van der Waals surface area contributed by atoms with Gasteiger partial charge in [0.1, 0.15) is 12.7 Å². The summed E-state index contributed by atoms with van der Waals surface area (Å²) in [4.78, 5) is 18.4. The van der Waals surface area contributed by atoms with E-state index < -0.39 is 10.0 Å². The molecule has 2 aromatic carbocycles. The number of carbonyl (C=O) groups is 1. The maximum Gasteiger partial charge on any atom is 0.253 e. The fourth-order valence-electron chi connectivity index (χ4n) is 3.20. The van der Waals surface area contributed by atoms with Crippen LogP contribution in [0.2, 0.25) is 10.0 Å². The quantitative estimate of drug-likeness (QED) is 0.590. The van der Waals surface area contributed by atoms with Crippen molar-refractivity contribution in [3.63, 3.8) is 0 Å². The fourth-order valence-corrected chi connectivity index (χ4v) is 5.01. The molecule has 0 bridgehead atoms. The topological polar surface area (TPSA) is 88.4 Å². The SMILES string of the molecule is O=C(c1ccc(-n2cncn2)cc1)N1CCN(S(=O)(=O)c2ccc(Cl)c(Cl)c2)CC1. The Hall–Kier alpha value is -2.46. The normalized spacial score (nSPS) is 15.3. The van der Waals surface area contributed by atoms with Crippen molar-refractivity contribution >= 4 is 39.1 Å². The predicted octanol–water partition coefficient (Wildman–Crippen LogP) is 2.72. The molecule has 30 heavy (non-hydrogen) atoms. The maximum atomic E-state index is 12.9. The van der Waals surface area contributed by atoms with Crippen LogP contribution in [0.3, 0.4) is 0 Å². The minimum Gasteiger partial charge on any atom is -0.336 e. The van der Waals surface area contributed by atoms with Crippen molar-refractivity contribution in [3.8, 4) is 5.69 Å². The number of rotatable bonds is 4. The first-order valence-corrected chi connectivity index (χ1v) is 11.3. The van der Waals surface area contributed by atoms with E-state index in [4.69, 9.17) is 23.2 Å². The molecule has 0 atom stereocenters. The van der Waals surface area contributed by atoms with E-state index in [2.05, 4.69) is 10.1 Å².